The summed E-state index contributed by atoms with van der Waals surface area (Å²) in [5, 5.41) is 3.60. The molecular weight excluding hydrogens is 488 g/mol. The van der Waals surface area contributed by atoms with Gasteiger partial charge in [-0.25, -0.2) is 0 Å². The zero-order valence-corrected chi connectivity index (χ0v) is 22.0. The maximum absolute atomic E-state index is 13.8. The van der Waals surface area contributed by atoms with E-state index in [2.05, 4.69) is 5.32 Å². The van der Waals surface area contributed by atoms with E-state index in [1.807, 2.05) is 80.6 Å². The second-order valence-corrected chi connectivity index (χ2v) is 9.93. The summed E-state index contributed by atoms with van der Waals surface area (Å²) in [4.78, 5) is 28.9. The van der Waals surface area contributed by atoms with Crippen LogP contribution in [0.3, 0.4) is 0 Å². The monoisotopic (exact) mass is 520 g/mol. The number of aryl methyl sites for hydroxylation is 1. The molecule has 0 bridgehead atoms. The minimum Gasteiger partial charge on any atom is -0.486 e. The van der Waals surface area contributed by atoms with Crippen LogP contribution in [0.25, 0.3) is 0 Å². The molecule has 1 aliphatic rings. The third-order valence-corrected chi connectivity index (χ3v) is 6.41. The number of ether oxygens (including phenoxy) is 2. The lowest BCUT2D eigenvalue weighted by atomic mass is 10.0. The second kappa shape index (κ2) is 12.6. The fraction of sp³-hybridized carbons (Fsp3) is 0.333. The Labute approximate surface area is 223 Å². The summed E-state index contributed by atoms with van der Waals surface area (Å²) in [6, 6.07) is 22.2. The summed E-state index contributed by atoms with van der Waals surface area (Å²) in [5.74, 6) is 1.14. The molecule has 0 unspecified atom stereocenters. The highest BCUT2D eigenvalue weighted by Gasteiger charge is 2.30. The number of hydrogen-bond donors (Lipinski definition) is 1. The lowest BCUT2D eigenvalue weighted by molar-refractivity contribution is -0.141. The van der Waals surface area contributed by atoms with Crippen molar-refractivity contribution >= 4 is 23.4 Å². The number of rotatable bonds is 10. The van der Waals surface area contributed by atoms with E-state index in [1.54, 1.807) is 11.0 Å². The van der Waals surface area contributed by atoms with Crippen LogP contribution in [0.5, 0.6) is 11.5 Å². The van der Waals surface area contributed by atoms with Crippen molar-refractivity contribution in [1.29, 1.82) is 0 Å². The van der Waals surface area contributed by atoms with Crippen LogP contribution < -0.4 is 14.8 Å². The van der Waals surface area contributed by atoms with Crippen LogP contribution in [0.1, 0.15) is 37.0 Å². The van der Waals surface area contributed by atoms with Gasteiger partial charge in [0, 0.05) is 30.5 Å². The summed E-state index contributed by atoms with van der Waals surface area (Å²) in [6.45, 7) is 5.16. The number of amides is 2. The first-order valence-electron chi connectivity index (χ1n) is 12.7. The SMILES string of the molecule is CC(C)NC(=O)[C@H](Cc1ccccc1)N(Cc1cccc(Cl)c1)C(=O)CCc1ccc2c(c1)OCCO2. The number of hydrogen-bond acceptors (Lipinski definition) is 4. The van der Waals surface area contributed by atoms with Gasteiger partial charge in [-0.1, -0.05) is 60.1 Å². The maximum atomic E-state index is 13.8. The third kappa shape index (κ3) is 7.49. The van der Waals surface area contributed by atoms with Gasteiger partial charge in [-0.05, 0) is 61.2 Å². The van der Waals surface area contributed by atoms with Gasteiger partial charge in [0.15, 0.2) is 11.5 Å². The third-order valence-electron chi connectivity index (χ3n) is 6.18. The lowest BCUT2D eigenvalue weighted by Crippen LogP contribution is -2.51. The van der Waals surface area contributed by atoms with Crippen molar-refractivity contribution in [2.24, 2.45) is 0 Å². The summed E-state index contributed by atoms with van der Waals surface area (Å²) in [7, 11) is 0. The molecule has 3 aromatic carbocycles. The van der Waals surface area contributed by atoms with E-state index in [9.17, 15) is 9.59 Å². The molecule has 1 atom stereocenters. The Bertz CT molecular complexity index is 1220. The van der Waals surface area contributed by atoms with Gasteiger partial charge in [0.2, 0.25) is 11.8 Å². The minimum absolute atomic E-state index is 0.0494. The zero-order chi connectivity index (χ0) is 26.2. The molecule has 0 aliphatic carbocycles. The minimum atomic E-state index is -0.670. The van der Waals surface area contributed by atoms with Crippen LogP contribution in [0.4, 0.5) is 0 Å². The maximum Gasteiger partial charge on any atom is 0.243 e. The number of nitrogens with one attached hydrogen (secondary N) is 1. The number of fused-ring (bicyclic) bond motifs is 1. The topological polar surface area (TPSA) is 67.9 Å². The van der Waals surface area contributed by atoms with Gasteiger partial charge in [-0.15, -0.1) is 0 Å². The Hall–Kier alpha value is -3.51. The molecule has 1 heterocycles. The number of nitrogens with zero attached hydrogens (tertiary/aromatic N) is 1. The number of benzene rings is 3. The van der Waals surface area contributed by atoms with Crippen molar-refractivity contribution in [3.63, 3.8) is 0 Å². The molecule has 6 nitrogen and oxygen atoms in total. The Morgan fingerprint density at radius 1 is 0.892 bits per heavy atom. The number of carbonyl (C=O) groups excluding carboxylic acids is 2. The first kappa shape index (κ1) is 26.6. The lowest BCUT2D eigenvalue weighted by Gasteiger charge is -2.32. The van der Waals surface area contributed by atoms with Gasteiger partial charge in [0.1, 0.15) is 19.3 Å². The van der Waals surface area contributed by atoms with Crippen LogP contribution >= 0.6 is 11.6 Å². The average molecular weight is 521 g/mol. The molecule has 0 saturated carbocycles. The molecule has 0 aromatic heterocycles. The largest absolute Gasteiger partial charge is 0.486 e. The summed E-state index contributed by atoms with van der Waals surface area (Å²) < 4.78 is 11.3. The molecule has 0 fully saturated rings. The van der Waals surface area contributed by atoms with Gasteiger partial charge in [0.25, 0.3) is 0 Å². The van der Waals surface area contributed by atoms with Crippen LogP contribution in [0, 0.1) is 0 Å². The molecule has 1 aliphatic heterocycles. The summed E-state index contributed by atoms with van der Waals surface area (Å²) in [6.07, 6.45) is 1.18. The number of carbonyl (C=O) groups is 2. The molecule has 3 aromatic rings. The van der Waals surface area contributed by atoms with Gasteiger partial charge >= 0.3 is 0 Å². The first-order chi connectivity index (χ1) is 17.9. The van der Waals surface area contributed by atoms with Crippen molar-refractivity contribution in [3.05, 3.63) is 94.5 Å². The van der Waals surface area contributed by atoms with Crippen molar-refractivity contribution < 1.29 is 19.1 Å². The molecule has 0 spiro atoms. The Morgan fingerprint density at radius 3 is 2.35 bits per heavy atom. The second-order valence-electron chi connectivity index (χ2n) is 9.50. The van der Waals surface area contributed by atoms with Gasteiger partial charge < -0.3 is 19.7 Å². The molecule has 2 amide bonds. The quantitative estimate of drug-likeness (QED) is 0.398. The zero-order valence-electron chi connectivity index (χ0n) is 21.3. The van der Waals surface area contributed by atoms with Crippen molar-refractivity contribution in [2.45, 2.75) is 51.7 Å². The highest BCUT2D eigenvalue weighted by Crippen LogP contribution is 2.31. The molecule has 194 valence electrons. The van der Waals surface area contributed by atoms with E-state index in [4.69, 9.17) is 21.1 Å². The van der Waals surface area contributed by atoms with E-state index in [1.165, 1.54) is 0 Å². The van der Waals surface area contributed by atoms with Gasteiger partial charge in [-0.2, -0.15) is 0 Å². The molecule has 0 radical (unpaired) electrons. The molecule has 0 saturated heterocycles. The molecular formula is C30H33ClN2O4. The van der Waals surface area contributed by atoms with Gasteiger partial charge in [-0.3, -0.25) is 9.59 Å². The molecule has 7 heteroatoms. The van der Waals surface area contributed by atoms with E-state index >= 15 is 0 Å². The van der Waals surface area contributed by atoms with Crippen LogP contribution in [-0.2, 0) is 29.0 Å². The molecule has 4 rings (SSSR count). The Balaban J connectivity index is 1.59. The predicted octanol–water partition coefficient (Wildman–Crippen LogP) is 5.21. The summed E-state index contributed by atoms with van der Waals surface area (Å²) in [5.41, 5.74) is 2.84. The standard InChI is InChI=1S/C30H33ClN2O4/c1-21(2)32-30(35)26(18-22-7-4-3-5-8-22)33(20-24-9-6-10-25(31)17-24)29(34)14-12-23-11-13-27-28(19-23)37-16-15-36-27/h3-11,13,17,19,21,26H,12,14-16,18,20H2,1-2H3,(H,32,35)/t26-/m0/s1. The highest BCUT2D eigenvalue weighted by molar-refractivity contribution is 6.30. The van der Waals surface area contributed by atoms with E-state index in [0.717, 1.165) is 22.4 Å². The van der Waals surface area contributed by atoms with Crippen molar-refractivity contribution in [1.82, 2.24) is 10.2 Å². The Kier molecular flexibility index (Phi) is 9.07. The van der Waals surface area contributed by atoms with Crippen LogP contribution in [0.2, 0.25) is 5.02 Å². The van der Waals surface area contributed by atoms with E-state index < -0.39 is 6.04 Å². The first-order valence-corrected chi connectivity index (χ1v) is 13.0. The smallest absolute Gasteiger partial charge is 0.243 e. The molecule has 1 N–H and O–H groups in total. The fourth-order valence-electron chi connectivity index (χ4n) is 4.40. The highest BCUT2D eigenvalue weighted by atomic mass is 35.5. The van der Waals surface area contributed by atoms with Crippen molar-refractivity contribution in [3.8, 4) is 11.5 Å². The normalized spacial score (nSPS) is 13.2. The Morgan fingerprint density at radius 2 is 1.62 bits per heavy atom. The van der Waals surface area contributed by atoms with Crippen molar-refractivity contribution in [2.75, 3.05) is 13.2 Å². The van der Waals surface area contributed by atoms with E-state index in [-0.39, 0.29) is 30.8 Å². The van der Waals surface area contributed by atoms with Crippen LogP contribution in [-0.4, -0.2) is 42.0 Å². The van der Waals surface area contributed by atoms with Gasteiger partial charge in [0.05, 0.1) is 0 Å². The number of halogens is 1. The fourth-order valence-corrected chi connectivity index (χ4v) is 4.62. The molecule has 37 heavy (non-hydrogen) atoms. The van der Waals surface area contributed by atoms with Crippen LogP contribution in [0.15, 0.2) is 72.8 Å². The predicted molar refractivity (Wildman–Crippen MR) is 145 cm³/mol. The summed E-state index contributed by atoms with van der Waals surface area (Å²) >= 11 is 6.24. The van der Waals surface area contributed by atoms with E-state index in [0.29, 0.717) is 36.8 Å². The average Bonchev–Trinajstić information content (AvgIpc) is 2.89.